The van der Waals surface area contributed by atoms with Gasteiger partial charge in [-0.2, -0.15) is 0 Å². The fraction of sp³-hybridized carbons (Fsp3) is 0.364. The Hall–Kier alpha value is -1.35. The number of benzene rings is 1. The number of hydrogen-bond acceptors (Lipinski definition) is 2. The topological polar surface area (TPSA) is 63.3 Å². The standard InChI is InChI=1S/C11H15NO2/c1-8(12)10-4-2-3-9(7-10)5-6-11(13)14/h2-4,7-8H,5-6,12H2,1H3,(H,13,14). The monoisotopic (exact) mass is 193 g/mol. The molecule has 0 aliphatic heterocycles. The first kappa shape index (κ1) is 10.7. The van der Waals surface area contributed by atoms with E-state index in [4.69, 9.17) is 10.8 Å². The molecule has 3 nitrogen and oxygen atoms in total. The van der Waals surface area contributed by atoms with Crippen LogP contribution in [0.1, 0.15) is 30.5 Å². The summed E-state index contributed by atoms with van der Waals surface area (Å²) in [5.74, 6) is -0.767. The number of carboxylic acids is 1. The predicted molar refractivity (Wildman–Crippen MR) is 55.0 cm³/mol. The number of aryl methyl sites for hydroxylation is 1. The quantitative estimate of drug-likeness (QED) is 0.765. The van der Waals surface area contributed by atoms with Gasteiger partial charge < -0.3 is 10.8 Å². The van der Waals surface area contributed by atoms with Gasteiger partial charge in [0.05, 0.1) is 0 Å². The maximum atomic E-state index is 10.4. The van der Waals surface area contributed by atoms with Gasteiger partial charge in [-0.05, 0) is 24.5 Å². The average Bonchev–Trinajstić information content (AvgIpc) is 2.15. The molecule has 0 saturated carbocycles. The van der Waals surface area contributed by atoms with Crippen LogP contribution in [0.5, 0.6) is 0 Å². The van der Waals surface area contributed by atoms with Gasteiger partial charge in [0.25, 0.3) is 0 Å². The lowest BCUT2D eigenvalue weighted by Crippen LogP contribution is -2.05. The summed E-state index contributed by atoms with van der Waals surface area (Å²) in [6.07, 6.45) is 0.734. The van der Waals surface area contributed by atoms with Gasteiger partial charge in [0.2, 0.25) is 0 Å². The second kappa shape index (κ2) is 4.77. The predicted octanol–water partition coefficient (Wildman–Crippen LogP) is 1.72. The fourth-order valence-corrected chi connectivity index (χ4v) is 1.28. The van der Waals surface area contributed by atoms with Crippen LogP contribution in [-0.2, 0) is 11.2 Å². The van der Waals surface area contributed by atoms with Crippen LogP contribution in [0.15, 0.2) is 24.3 Å². The summed E-state index contributed by atoms with van der Waals surface area (Å²) in [7, 11) is 0. The van der Waals surface area contributed by atoms with E-state index < -0.39 is 5.97 Å². The Kier molecular flexibility index (Phi) is 3.65. The molecule has 3 N–H and O–H groups in total. The molecule has 0 spiro atoms. The Morgan fingerprint density at radius 2 is 2.29 bits per heavy atom. The highest BCUT2D eigenvalue weighted by atomic mass is 16.4. The maximum Gasteiger partial charge on any atom is 0.303 e. The van der Waals surface area contributed by atoms with Crippen LogP contribution in [0.2, 0.25) is 0 Å². The minimum atomic E-state index is -0.767. The van der Waals surface area contributed by atoms with Gasteiger partial charge in [0.15, 0.2) is 0 Å². The van der Waals surface area contributed by atoms with E-state index in [0.717, 1.165) is 11.1 Å². The molecule has 0 heterocycles. The van der Waals surface area contributed by atoms with Crippen LogP contribution in [0.3, 0.4) is 0 Å². The van der Waals surface area contributed by atoms with Crippen LogP contribution < -0.4 is 5.73 Å². The van der Waals surface area contributed by atoms with Crippen molar-refractivity contribution in [1.82, 2.24) is 0 Å². The van der Waals surface area contributed by atoms with Gasteiger partial charge in [-0.15, -0.1) is 0 Å². The van der Waals surface area contributed by atoms with Gasteiger partial charge >= 0.3 is 5.97 Å². The Bertz CT molecular complexity index is 321. The molecule has 0 saturated heterocycles. The molecule has 1 aromatic carbocycles. The molecular weight excluding hydrogens is 178 g/mol. The molecule has 0 bridgehead atoms. The first-order valence-corrected chi connectivity index (χ1v) is 4.66. The molecule has 1 atom stereocenters. The highest BCUT2D eigenvalue weighted by molar-refractivity contribution is 5.67. The van der Waals surface area contributed by atoms with Crippen molar-refractivity contribution in [3.05, 3.63) is 35.4 Å². The molecule has 0 amide bonds. The lowest BCUT2D eigenvalue weighted by atomic mass is 10.0. The largest absolute Gasteiger partial charge is 0.481 e. The molecule has 0 aliphatic rings. The lowest BCUT2D eigenvalue weighted by molar-refractivity contribution is -0.136. The number of nitrogens with two attached hydrogens (primary N) is 1. The average molecular weight is 193 g/mol. The van der Waals surface area contributed by atoms with E-state index in [1.54, 1.807) is 0 Å². The molecule has 0 fully saturated rings. The number of hydrogen-bond donors (Lipinski definition) is 2. The van der Waals surface area contributed by atoms with E-state index >= 15 is 0 Å². The Morgan fingerprint density at radius 3 is 2.86 bits per heavy atom. The summed E-state index contributed by atoms with van der Waals surface area (Å²) < 4.78 is 0. The summed E-state index contributed by atoms with van der Waals surface area (Å²) in [6, 6.07) is 7.76. The SMILES string of the molecule is CC(N)c1cccc(CCC(=O)O)c1. The summed E-state index contributed by atoms with van der Waals surface area (Å²) in [6.45, 7) is 1.91. The van der Waals surface area contributed by atoms with Crippen molar-refractivity contribution in [1.29, 1.82) is 0 Å². The summed E-state index contributed by atoms with van der Waals surface area (Å²) >= 11 is 0. The third kappa shape index (κ3) is 3.18. The van der Waals surface area contributed by atoms with Gasteiger partial charge in [-0.1, -0.05) is 24.3 Å². The number of carbonyl (C=O) groups is 1. The third-order valence-corrected chi connectivity index (χ3v) is 2.10. The Labute approximate surface area is 83.6 Å². The second-order valence-corrected chi connectivity index (χ2v) is 3.43. The van der Waals surface area contributed by atoms with Crippen molar-refractivity contribution in [2.75, 3.05) is 0 Å². The normalized spacial score (nSPS) is 12.4. The van der Waals surface area contributed by atoms with E-state index in [1.807, 2.05) is 31.2 Å². The molecule has 0 aromatic heterocycles. The molecule has 0 aliphatic carbocycles. The molecule has 1 aromatic rings. The van der Waals surface area contributed by atoms with E-state index in [-0.39, 0.29) is 12.5 Å². The van der Waals surface area contributed by atoms with E-state index in [2.05, 4.69) is 0 Å². The number of rotatable bonds is 4. The molecule has 1 unspecified atom stereocenters. The van der Waals surface area contributed by atoms with E-state index in [0.29, 0.717) is 6.42 Å². The van der Waals surface area contributed by atoms with E-state index in [1.165, 1.54) is 0 Å². The summed E-state index contributed by atoms with van der Waals surface area (Å²) in [5.41, 5.74) is 7.80. The Balaban J connectivity index is 2.68. The van der Waals surface area contributed by atoms with Crippen molar-refractivity contribution in [2.24, 2.45) is 5.73 Å². The van der Waals surface area contributed by atoms with E-state index in [9.17, 15) is 4.79 Å². The fourth-order valence-electron chi connectivity index (χ4n) is 1.28. The third-order valence-electron chi connectivity index (χ3n) is 2.10. The van der Waals surface area contributed by atoms with Crippen LogP contribution in [0, 0.1) is 0 Å². The zero-order chi connectivity index (χ0) is 10.6. The van der Waals surface area contributed by atoms with Crippen LogP contribution in [0.25, 0.3) is 0 Å². The van der Waals surface area contributed by atoms with Crippen LogP contribution >= 0.6 is 0 Å². The smallest absolute Gasteiger partial charge is 0.303 e. The zero-order valence-electron chi connectivity index (χ0n) is 8.23. The molecule has 3 heteroatoms. The van der Waals surface area contributed by atoms with Crippen LogP contribution in [0.4, 0.5) is 0 Å². The van der Waals surface area contributed by atoms with Crippen molar-refractivity contribution >= 4 is 5.97 Å². The minimum Gasteiger partial charge on any atom is -0.481 e. The second-order valence-electron chi connectivity index (χ2n) is 3.43. The summed E-state index contributed by atoms with van der Waals surface area (Å²) in [5, 5.41) is 8.53. The molecule has 76 valence electrons. The first-order chi connectivity index (χ1) is 6.59. The maximum absolute atomic E-state index is 10.4. The van der Waals surface area contributed by atoms with Crippen LogP contribution in [-0.4, -0.2) is 11.1 Å². The minimum absolute atomic E-state index is 0.000205. The van der Waals surface area contributed by atoms with Crippen molar-refractivity contribution < 1.29 is 9.90 Å². The highest BCUT2D eigenvalue weighted by Gasteiger charge is 2.02. The van der Waals surface area contributed by atoms with Crippen molar-refractivity contribution in [2.45, 2.75) is 25.8 Å². The number of aliphatic carboxylic acids is 1. The molecule has 0 radical (unpaired) electrons. The van der Waals surface area contributed by atoms with Crippen molar-refractivity contribution in [3.8, 4) is 0 Å². The Morgan fingerprint density at radius 1 is 1.57 bits per heavy atom. The summed E-state index contributed by atoms with van der Waals surface area (Å²) in [4.78, 5) is 10.4. The molecular formula is C11H15NO2. The highest BCUT2D eigenvalue weighted by Crippen LogP contribution is 2.12. The molecule has 1 rings (SSSR count). The molecule has 14 heavy (non-hydrogen) atoms. The number of carboxylic acid groups (broad SMARTS) is 1. The zero-order valence-corrected chi connectivity index (χ0v) is 8.23. The van der Waals surface area contributed by atoms with Gasteiger partial charge in [-0.25, -0.2) is 0 Å². The van der Waals surface area contributed by atoms with Crippen molar-refractivity contribution in [3.63, 3.8) is 0 Å². The van der Waals surface area contributed by atoms with Gasteiger partial charge in [-0.3, -0.25) is 4.79 Å². The van der Waals surface area contributed by atoms with Gasteiger partial charge in [0, 0.05) is 12.5 Å². The lowest BCUT2D eigenvalue weighted by Gasteiger charge is -2.07. The first-order valence-electron chi connectivity index (χ1n) is 4.66. The van der Waals surface area contributed by atoms with Gasteiger partial charge in [0.1, 0.15) is 0 Å².